The van der Waals surface area contributed by atoms with E-state index in [2.05, 4.69) is 29.8 Å². The molecule has 1 unspecified atom stereocenters. The van der Waals surface area contributed by atoms with E-state index in [1.165, 1.54) is 16.4 Å². The first kappa shape index (κ1) is 16.2. The Morgan fingerprint density at radius 3 is 3.19 bits per heavy atom. The maximum absolute atomic E-state index is 5.54. The number of aryl methyl sites for hydroxylation is 1. The molecule has 2 aliphatic rings. The molecule has 3 aromatic rings. The van der Waals surface area contributed by atoms with Crippen LogP contribution in [0.25, 0.3) is 11.3 Å². The van der Waals surface area contributed by atoms with Crippen LogP contribution >= 0.6 is 22.9 Å². The minimum absolute atomic E-state index is 0.589. The monoisotopic (exact) mass is 389 g/mol. The second-order valence-corrected chi connectivity index (χ2v) is 8.65. The summed E-state index contributed by atoms with van der Waals surface area (Å²) in [7, 11) is 0. The van der Waals surface area contributed by atoms with Crippen molar-refractivity contribution in [3.8, 4) is 11.3 Å². The number of ether oxygens (including phenoxy) is 1. The maximum Gasteiger partial charge on any atom is 0.241 e. The zero-order chi connectivity index (χ0) is 17.5. The highest BCUT2D eigenvalue weighted by Crippen LogP contribution is 2.39. The van der Waals surface area contributed by atoms with Crippen molar-refractivity contribution in [3.05, 3.63) is 16.1 Å². The summed E-state index contributed by atoms with van der Waals surface area (Å²) in [4.78, 5) is 12.8. The highest BCUT2D eigenvalue weighted by atomic mass is 32.1. The van der Waals surface area contributed by atoms with Crippen molar-refractivity contribution in [3.63, 3.8) is 0 Å². The lowest BCUT2D eigenvalue weighted by atomic mass is 10.1. The van der Waals surface area contributed by atoms with Gasteiger partial charge in [0.25, 0.3) is 0 Å². The minimum Gasteiger partial charge on any atom is -0.381 e. The molecule has 8 nitrogen and oxygen atoms in total. The number of aromatic amines is 1. The number of anilines is 3. The molecule has 2 N–H and O–H groups in total. The fraction of sp³-hybridized carbons (Fsp3) is 0.500. The average Bonchev–Trinajstić information content (AvgIpc) is 3.39. The highest BCUT2D eigenvalue weighted by molar-refractivity contribution is 7.16. The number of thiazole rings is 1. The third-order valence-electron chi connectivity index (χ3n) is 4.75. The Morgan fingerprint density at radius 1 is 1.42 bits per heavy atom. The maximum atomic E-state index is 5.54. The Balaban J connectivity index is 1.42. The second kappa shape index (κ2) is 6.60. The van der Waals surface area contributed by atoms with Gasteiger partial charge in [0.15, 0.2) is 5.13 Å². The van der Waals surface area contributed by atoms with Crippen molar-refractivity contribution in [2.45, 2.75) is 19.8 Å². The first-order valence-electron chi connectivity index (χ1n) is 8.70. The number of aromatic nitrogens is 5. The van der Waals surface area contributed by atoms with Gasteiger partial charge >= 0.3 is 0 Å². The van der Waals surface area contributed by atoms with Crippen LogP contribution in [0.4, 0.5) is 16.9 Å². The molecule has 0 radical (unpaired) electrons. The van der Waals surface area contributed by atoms with Crippen LogP contribution in [0.3, 0.4) is 0 Å². The van der Waals surface area contributed by atoms with Crippen LogP contribution in [0.5, 0.6) is 0 Å². The third kappa shape index (κ3) is 2.97. The highest BCUT2D eigenvalue weighted by Gasteiger charge is 2.28. The van der Waals surface area contributed by atoms with E-state index in [1.54, 1.807) is 11.3 Å². The Hall–Kier alpha value is -2.04. The average molecular weight is 390 g/mol. The Morgan fingerprint density at radius 2 is 2.38 bits per heavy atom. The number of nitrogens with one attached hydrogen (secondary N) is 2. The van der Waals surface area contributed by atoms with E-state index in [4.69, 9.17) is 9.72 Å². The van der Waals surface area contributed by atoms with Crippen LogP contribution in [0.2, 0.25) is 0 Å². The smallest absolute Gasteiger partial charge is 0.241 e. The summed E-state index contributed by atoms with van der Waals surface area (Å²) < 4.78 is 9.83. The van der Waals surface area contributed by atoms with Gasteiger partial charge in [0.05, 0.1) is 24.1 Å². The largest absolute Gasteiger partial charge is 0.381 e. The van der Waals surface area contributed by atoms with Crippen molar-refractivity contribution in [1.82, 2.24) is 24.5 Å². The van der Waals surface area contributed by atoms with E-state index in [1.807, 2.05) is 13.1 Å². The van der Waals surface area contributed by atoms with Crippen molar-refractivity contribution in [2.24, 2.45) is 5.92 Å². The number of H-pyrrole nitrogens is 1. The number of fused-ring (bicyclic) bond motifs is 3. The molecule has 1 fully saturated rings. The van der Waals surface area contributed by atoms with Gasteiger partial charge in [0.1, 0.15) is 10.8 Å². The van der Waals surface area contributed by atoms with E-state index in [0.717, 1.165) is 66.4 Å². The van der Waals surface area contributed by atoms with Crippen molar-refractivity contribution in [2.75, 3.05) is 36.5 Å². The Bertz CT molecular complexity index is 911. The number of nitrogens with zero attached hydrogens (tertiary/aromatic N) is 5. The van der Waals surface area contributed by atoms with Crippen LogP contribution in [-0.2, 0) is 11.2 Å². The van der Waals surface area contributed by atoms with Crippen LogP contribution in [0.1, 0.15) is 16.3 Å². The van der Waals surface area contributed by atoms with Crippen molar-refractivity contribution >= 4 is 39.8 Å². The summed E-state index contributed by atoms with van der Waals surface area (Å²) in [5.74, 6) is 2.27. The molecule has 1 atom stereocenters. The number of hydrogen-bond donors (Lipinski definition) is 2. The van der Waals surface area contributed by atoms with Gasteiger partial charge in [-0.25, -0.2) is 9.97 Å². The van der Waals surface area contributed by atoms with Crippen LogP contribution in [0.15, 0.2) is 6.20 Å². The van der Waals surface area contributed by atoms with Gasteiger partial charge in [0.2, 0.25) is 5.95 Å². The molecule has 10 heteroatoms. The van der Waals surface area contributed by atoms with Gasteiger partial charge in [-0.2, -0.15) is 9.47 Å². The van der Waals surface area contributed by atoms with Gasteiger partial charge < -0.3 is 9.64 Å². The second-order valence-electron chi connectivity index (χ2n) is 6.61. The topological polar surface area (TPSA) is 91.8 Å². The zero-order valence-corrected chi connectivity index (χ0v) is 16.0. The van der Waals surface area contributed by atoms with E-state index in [0.29, 0.717) is 11.9 Å². The quantitative estimate of drug-likeness (QED) is 0.709. The van der Waals surface area contributed by atoms with Gasteiger partial charge in [0, 0.05) is 36.9 Å². The molecule has 3 aromatic heterocycles. The van der Waals surface area contributed by atoms with Crippen LogP contribution in [0, 0.1) is 12.8 Å². The summed E-state index contributed by atoms with van der Waals surface area (Å²) in [6.45, 7) is 5.63. The Labute approximate surface area is 158 Å². The first-order chi connectivity index (χ1) is 12.8. The molecule has 0 aliphatic carbocycles. The minimum atomic E-state index is 0.589. The normalized spacial score (nSPS) is 19.3. The predicted molar refractivity (Wildman–Crippen MR) is 102 cm³/mol. The molecule has 136 valence electrons. The molecule has 5 heterocycles. The fourth-order valence-electron chi connectivity index (χ4n) is 3.49. The first-order valence-corrected chi connectivity index (χ1v) is 10.3. The molecule has 0 bridgehead atoms. The predicted octanol–water partition coefficient (Wildman–Crippen LogP) is 2.84. The molecule has 26 heavy (non-hydrogen) atoms. The summed E-state index contributed by atoms with van der Waals surface area (Å²) in [6.07, 6.45) is 3.98. The lowest BCUT2D eigenvalue weighted by Crippen LogP contribution is -2.31. The molecule has 0 spiro atoms. The van der Waals surface area contributed by atoms with Gasteiger partial charge in [-0.05, 0) is 24.9 Å². The molecule has 0 amide bonds. The van der Waals surface area contributed by atoms with E-state index < -0.39 is 0 Å². The number of hydrogen-bond acceptors (Lipinski definition) is 9. The molecule has 5 rings (SSSR count). The third-order valence-corrected chi connectivity index (χ3v) is 6.40. The summed E-state index contributed by atoms with van der Waals surface area (Å²) >= 11 is 3.06. The van der Waals surface area contributed by atoms with E-state index in [9.17, 15) is 0 Å². The number of rotatable bonds is 4. The molecular weight excluding hydrogens is 370 g/mol. The zero-order valence-electron chi connectivity index (χ0n) is 14.4. The molecule has 0 saturated carbocycles. The van der Waals surface area contributed by atoms with E-state index >= 15 is 0 Å². The Kier molecular flexibility index (Phi) is 4.10. The molecule has 1 saturated heterocycles. The lowest BCUT2D eigenvalue weighted by molar-refractivity contribution is 0.186. The van der Waals surface area contributed by atoms with Crippen LogP contribution in [-0.4, -0.2) is 50.8 Å². The summed E-state index contributed by atoms with van der Waals surface area (Å²) in [5, 5.41) is 12.5. The fourth-order valence-corrected chi connectivity index (χ4v) is 4.88. The lowest BCUT2D eigenvalue weighted by Gasteiger charge is -2.24. The van der Waals surface area contributed by atoms with Crippen molar-refractivity contribution in [1.29, 1.82) is 0 Å². The van der Waals surface area contributed by atoms with Gasteiger partial charge in [-0.15, -0.1) is 11.3 Å². The standard InChI is InChI=1S/C16H19N7OS2/c1-9-18-15(22-26-9)20-16-19-13-11-6-17-21-14(11)23(4-2-12(13)25-16)7-10-3-5-24-8-10/h6,10H,2-5,7-8H2,1H3,(H,17,21)(H,19,20,22). The molecular formula is C16H19N7OS2. The van der Waals surface area contributed by atoms with Gasteiger partial charge in [-0.1, -0.05) is 0 Å². The van der Waals surface area contributed by atoms with Crippen molar-refractivity contribution < 1.29 is 4.74 Å². The summed E-state index contributed by atoms with van der Waals surface area (Å²) in [5.41, 5.74) is 2.08. The summed E-state index contributed by atoms with van der Waals surface area (Å²) in [6, 6.07) is 0. The molecule has 0 aromatic carbocycles. The van der Waals surface area contributed by atoms with Gasteiger partial charge in [-0.3, -0.25) is 10.4 Å². The SMILES string of the molecule is Cc1nc(Nc2nc3c(s2)CCN(CC2CCOC2)c2[nH]ncc2-3)ns1. The van der Waals surface area contributed by atoms with E-state index in [-0.39, 0.29) is 0 Å². The molecule has 2 aliphatic heterocycles. The van der Waals surface area contributed by atoms with Crippen LogP contribution < -0.4 is 10.2 Å².